The fourth-order valence-electron chi connectivity index (χ4n) is 3.66. The van der Waals surface area contributed by atoms with Crippen LogP contribution in [0.3, 0.4) is 0 Å². The molecule has 7 heteroatoms. The van der Waals surface area contributed by atoms with Crippen LogP contribution in [0.2, 0.25) is 0 Å². The van der Waals surface area contributed by atoms with Gasteiger partial charge in [0.15, 0.2) is 10.9 Å². The van der Waals surface area contributed by atoms with Gasteiger partial charge in [-0.15, -0.1) is 5.10 Å². The van der Waals surface area contributed by atoms with Crippen molar-refractivity contribution in [3.05, 3.63) is 89.8 Å². The first-order chi connectivity index (χ1) is 16.3. The maximum Gasteiger partial charge on any atom is 0.216 e. The van der Waals surface area contributed by atoms with Crippen molar-refractivity contribution in [1.29, 1.82) is 0 Å². The van der Waals surface area contributed by atoms with E-state index in [0.717, 1.165) is 21.9 Å². The summed E-state index contributed by atoms with van der Waals surface area (Å²) < 4.78 is 11.3. The summed E-state index contributed by atoms with van der Waals surface area (Å²) in [6.07, 6.45) is 5.56. The van der Waals surface area contributed by atoms with Crippen molar-refractivity contribution in [1.82, 2.24) is 20.2 Å². The number of fused-ring (bicyclic) bond motifs is 2. The minimum absolute atomic E-state index is 0.428. The van der Waals surface area contributed by atoms with Crippen LogP contribution >= 0.6 is 11.8 Å². The fraction of sp³-hybridized carbons (Fsp3) is 0.115. The van der Waals surface area contributed by atoms with Crippen LogP contribution in [-0.2, 0) is 9.47 Å². The highest BCUT2D eigenvalue weighted by Crippen LogP contribution is 2.34. The summed E-state index contributed by atoms with van der Waals surface area (Å²) in [5.74, 6) is 0.664. The second-order valence-corrected chi connectivity index (χ2v) is 8.32. The van der Waals surface area contributed by atoms with Gasteiger partial charge in [-0.2, -0.15) is 0 Å². The molecule has 2 heterocycles. The molecule has 164 valence electrons. The molecule has 0 radical (unpaired) electrons. The molecule has 5 aromatic rings. The molecule has 3 aromatic carbocycles. The number of H-pyrrole nitrogens is 1. The lowest BCUT2D eigenvalue weighted by atomic mass is 9.97. The summed E-state index contributed by atoms with van der Waals surface area (Å²) in [7, 11) is 1.66. The highest BCUT2D eigenvalue weighted by Gasteiger charge is 2.13. The van der Waals surface area contributed by atoms with Crippen LogP contribution in [0.5, 0.6) is 0 Å². The number of benzene rings is 3. The molecule has 0 aliphatic carbocycles. The highest BCUT2D eigenvalue weighted by molar-refractivity contribution is 8.02. The third-order valence-electron chi connectivity index (χ3n) is 5.20. The minimum atomic E-state index is 0.428. The van der Waals surface area contributed by atoms with Crippen molar-refractivity contribution >= 4 is 39.4 Å². The molecule has 0 saturated heterocycles. The number of pyridine rings is 1. The fourth-order valence-corrected chi connectivity index (χ4v) is 4.39. The number of ether oxygens (including phenoxy) is 2. The van der Waals surface area contributed by atoms with E-state index < -0.39 is 0 Å². The summed E-state index contributed by atoms with van der Waals surface area (Å²) >= 11 is 1.38. The monoisotopic (exact) mass is 454 g/mol. The second-order valence-electron chi connectivity index (χ2n) is 7.35. The lowest BCUT2D eigenvalue weighted by Gasteiger charge is -2.12. The number of rotatable bonds is 8. The zero-order valence-corrected chi connectivity index (χ0v) is 18.9. The van der Waals surface area contributed by atoms with E-state index >= 15 is 0 Å². The van der Waals surface area contributed by atoms with Gasteiger partial charge < -0.3 is 9.47 Å². The van der Waals surface area contributed by atoms with Crippen molar-refractivity contribution in [3.8, 4) is 11.4 Å². The van der Waals surface area contributed by atoms with Crippen LogP contribution in [0.1, 0.15) is 5.56 Å². The molecule has 0 spiro atoms. The van der Waals surface area contributed by atoms with Crippen molar-refractivity contribution < 1.29 is 9.47 Å². The van der Waals surface area contributed by atoms with E-state index in [1.807, 2.05) is 12.1 Å². The van der Waals surface area contributed by atoms with Crippen LogP contribution in [0.15, 0.2) is 89.4 Å². The van der Waals surface area contributed by atoms with Gasteiger partial charge >= 0.3 is 0 Å². The normalized spacial score (nSPS) is 11.8. The average Bonchev–Trinajstić information content (AvgIpc) is 3.33. The molecule has 0 unspecified atom stereocenters. The first-order valence-corrected chi connectivity index (χ1v) is 11.4. The molecular formula is C26H22N4O2S. The molecule has 0 amide bonds. The van der Waals surface area contributed by atoms with Crippen LogP contribution in [0.25, 0.3) is 39.0 Å². The highest BCUT2D eigenvalue weighted by atomic mass is 32.2. The van der Waals surface area contributed by atoms with Gasteiger partial charge in [-0.3, -0.25) is 10.1 Å². The third kappa shape index (κ3) is 4.74. The van der Waals surface area contributed by atoms with Crippen LogP contribution < -0.4 is 0 Å². The number of hydrogen-bond donors (Lipinski definition) is 1. The number of thioether (sulfide) groups is 1. The van der Waals surface area contributed by atoms with Crippen LogP contribution in [0, 0.1) is 0 Å². The number of methoxy groups -OCH3 is 1. The summed E-state index contributed by atoms with van der Waals surface area (Å²) in [6.45, 7) is 0.918. The second kappa shape index (κ2) is 9.85. The maximum absolute atomic E-state index is 6.10. The molecule has 1 N–H and O–H groups in total. The molecule has 0 aliphatic heterocycles. The molecule has 0 aliphatic rings. The van der Waals surface area contributed by atoms with Gasteiger partial charge in [0.2, 0.25) is 5.16 Å². The number of aromatic amines is 1. The Labute approximate surface area is 195 Å². The van der Waals surface area contributed by atoms with Gasteiger partial charge in [-0.25, -0.2) is 4.98 Å². The zero-order valence-electron chi connectivity index (χ0n) is 18.1. The van der Waals surface area contributed by atoms with Crippen molar-refractivity contribution in [2.24, 2.45) is 0 Å². The zero-order chi connectivity index (χ0) is 22.5. The maximum atomic E-state index is 6.10. The molecular weight excluding hydrogens is 432 g/mol. The summed E-state index contributed by atoms with van der Waals surface area (Å²) in [5, 5.41) is 13.3. The van der Waals surface area contributed by atoms with Crippen molar-refractivity contribution in [3.63, 3.8) is 0 Å². The van der Waals surface area contributed by atoms with Crippen molar-refractivity contribution in [2.45, 2.75) is 5.16 Å². The largest absolute Gasteiger partial charge is 0.484 e. The Morgan fingerprint density at radius 2 is 1.73 bits per heavy atom. The number of hydrogen-bond acceptors (Lipinski definition) is 6. The predicted octanol–water partition coefficient (Wildman–Crippen LogP) is 5.93. The molecule has 33 heavy (non-hydrogen) atoms. The Bertz CT molecular complexity index is 1360. The van der Waals surface area contributed by atoms with E-state index in [1.54, 1.807) is 19.5 Å². The Hall–Kier alpha value is -3.68. The minimum Gasteiger partial charge on any atom is -0.484 e. The van der Waals surface area contributed by atoms with E-state index in [-0.39, 0.29) is 0 Å². The van der Waals surface area contributed by atoms with Gasteiger partial charge in [-0.05, 0) is 63.1 Å². The lowest BCUT2D eigenvalue weighted by Crippen LogP contribution is -2.00. The summed E-state index contributed by atoms with van der Waals surface area (Å²) in [6, 6.07) is 22.8. The molecule has 5 rings (SSSR count). The van der Waals surface area contributed by atoms with Gasteiger partial charge in [-0.1, -0.05) is 48.5 Å². The Kier molecular flexibility index (Phi) is 6.32. The number of nitrogens with one attached hydrogen (secondary N) is 1. The number of nitrogens with zero attached hydrogens (tertiary/aromatic N) is 3. The summed E-state index contributed by atoms with van der Waals surface area (Å²) in [4.78, 5) is 8.77. The molecule has 2 aromatic heterocycles. The van der Waals surface area contributed by atoms with Gasteiger partial charge in [0.25, 0.3) is 0 Å². The Morgan fingerprint density at radius 3 is 2.42 bits per heavy atom. The number of aromatic nitrogens is 4. The lowest BCUT2D eigenvalue weighted by molar-refractivity contribution is 0.120. The van der Waals surface area contributed by atoms with E-state index in [2.05, 4.69) is 80.8 Å². The van der Waals surface area contributed by atoms with Gasteiger partial charge in [0.1, 0.15) is 6.61 Å². The SMILES string of the molecule is COCCOC(=Cc1c2ccccc2cc2ccccc12)Sc1n[nH]c(-c2cccnc2)n1. The topological polar surface area (TPSA) is 72.9 Å². The molecule has 0 bridgehead atoms. The molecule has 0 fully saturated rings. The molecule has 6 nitrogen and oxygen atoms in total. The van der Waals surface area contributed by atoms with E-state index in [1.165, 1.54) is 22.5 Å². The first-order valence-electron chi connectivity index (χ1n) is 10.6. The Morgan fingerprint density at radius 1 is 0.970 bits per heavy atom. The molecule has 0 saturated carbocycles. The first kappa shape index (κ1) is 21.2. The third-order valence-corrected chi connectivity index (χ3v) is 6.00. The van der Waals surface area contributed by atoms with Crippen LogP contribution in [-0.4, -0.2) is 40.5 Å². The van der Waals surface area contributed by atoms with Gasteiger partial charge in [0.05, 0.1) is 6.61 Å². The quantitative estimate of drug-likeness (QED) is 0.136. The molecule has 0 atom stereocenters. The van der Waals surface area contributed by atoms with Crippen molar-refractivity contribution in [2.75, 3.05) is 20.3 Å². The Balaban J connectivity index is 1.56. The standard InChI is InChI=1S/C26H22N4O2S/c1-31-13-14-32-24(33-26-28-25(29-30-26)20-9-6-12-27-17-20)16-23-21-10-4-2-7-18(21)15-19-8-3-5-11-22(19)23/h2-12,15-17H,13-14H2,1H3,(H,28,29,30). The smallest absolute Gasteiger partial charge is 0.216 e. The van der Waals surface area contributed by atoms with E-state index in [9.17, 15) is 0 Å². The van der Waals surface area contributed by atoms with Gasteiger partial charge in [0, 0.05) is 25.1 Å². The van der Waals surface area contributed by atoms with E-state index in [0.29, 0.717) is 29.3 Å². The van der Waals surface area contributed by atoms with Crippen LogP contribution in [0.4, 0.5) is 0 Å². The predicted molar refractivity (Wildman–Crippen MR) is 133 cm³/mol. The summed E-state index contributed by atoms with van der Waals surface area (Å²) in [5.41, 5.74) is 1.98. The van der Waals surface area contributed by atoms with E-state index in [4.69, 9.17) is 9.47 Å². The average molecular weight is 455 g/mol.